The van der Waals surface area contributed by atoms with Crippen molar-refractivity contribution in [1.29, 1.82) is 0 Å². The maximum Gasteiger partial charge on any atom is 0.228 e. The third-order valence-corrected chi connectivity index (χ3v) is 6.00. The minimum Gasteiger partial charge on any atom is -0.369 e. The van der Waals surface area contributed by atoms with E-state index in [9.17, 15) is 4.79 Å². The van der Waals surface area contributed by atoms with Crippen LogP contribution in [-0.2, 0) is 16.6 Å². The van der Waals surface area contributed by atoms with E-state index in [2.05, 4.69) is 10.4 Å². The van der Waals surface area contributed by atoms with Crippen molar-refractivity contribution in [1.82, 2.24) is 20.0 Å². The van der Waals surface area contributed by atoms with Gasteiger partial charge in [-0.25, -0.2) is 0 Å². The smallest absolute Gasteiger partial charge is 0.228 e. The fourth-order valence-corrected chi connectivity index (χ4v) is 4.38. The first kappa shape index (κ1) is 21.1. The Balaban J connectivity index is 0.00000225. The molecule has 8 heteroatoms. The number of nitrogens with zero attached hydrogens (tertiary/aromatic N) is 3. The molecule has 3 heterocycles. The number of halogens is 2. The van der Waals surface area contributed by atoms with Crippen molar-refractivity contribution in [2.24, 2.45) is 13.0 Å². The Morgan fingerprint density at radius 1 is 1.32 bits per heavy atom. The van der Waals surface area contributed by atoms with Gasteiger partial charge in [0.1, 0.15) is 6.10 Å². The summed E-state index contributed by atoms with van der Waals surface area (Å²) >= 11 is 6.35. The minimum absolute atomic E-state index is 0. The molecule has 28 heavy (non-hydrogen) atoms. The molecule has 0 spiro atoms. The van der Waals surface area contributed by atoms with Gasteiger partial charge in [-0.15, -0.1) is 12.4 Å². The summed E-state index contributed by atoms with van der Waals surface area (Å²) in [5.41, 5.74) is 2.06. The highest BCUT2D eigenvalue weighted by Crippen LogP contribution is 2.34. The van der Waals surface area contributed by atoms with E-state index in [1.54, 1.807) is 4.68 Å². The van der Waals surface area contributed by atoms with Gasteiger partial charge in [-0.05, 0) is 18.6 Å². The predicted octanol–water partition coefficient (Wildman–Crippen LogP) is 2.79. The number of carbonyl (C=O) groups is 1. The zero-order valence-corrected chi connectivity index (χ0v) is 17.6. The number of carbonyl (C=O) groups excluding carboxylic acids is 1. The molecule has 1 amide bonds. The van der Waals surface area contributed by atoms with E-state index in [4.69, 9.17) is 16.3 Å². The Morgan fingerprint density at radius 3 is 2.82 bits per heavy atom. The predicted molar refractivity (Wildman–Crippen MR) is 111 cm³/mol. The van der Waals surface area contributed by atoms with Gasteiger partial charge in [0, 0.05) is 42.8 Å². The number of nitrogens with one attached hydrogen (secondary N) is 1. The minimum atomic E-state index is -0.190. The van der Waals surface area contributed by atoms with Gasteiger partial charge in [-0.1, -0.05) is 29.8 Å². The second-order valence-electron chi connectivity index (χ2n) is 7.50. The van der Waals surface area contributed by atoms with E-state index >= 15 is 0 Å². The van der Waals surface area contributed by atoms with Crippen LogP contribution in [0.1, 0.15) is 30.1 Å². The van der Waals surface area contributed by atoms with Crippen molar-refractivity contribution in [3.05, 3.63) is 52.8 Å². The van der Waals surface area contributed by atoms with Gasteiger partial charge in [-0.3, -0.25) is 9.48 Å². The van der Waals surface area contributed by atoms with E-state index in [0.29, 0.717) is 24.7 Å². The molecule has 2 aliphatic heterocycles. The van der Waals surface area contributed by atoms with Gasteiger partial charge in [0.2, 0.25) is 5.91 Å². The zero-order chi connectivity index (χ0) is 19.0. The van der Waals surface area contributed by atoms with E-state index in [1.807, 2.05) is 55.5 Å². The summed E-state index contributed by atoms with van der Waals surface area (Å²) in [5.74, 6) is 0.253. The van der Waals surface area contributed by atoms with E-state index in [1.165, 1.54) is 0 Å². The van der Waals surface area contributed by atoms with Crippen LogP contribution >= 0.6 is 24.0 Å². The first-order chi connectivity index (χ1) is 13.0. The molecule has 4 atom stereocenters. The summed E-state index contributed by atoms with van der Waals surface area (Å²) in [7, 11) is 1.90. The molecule has 0 aliphatic carbocycles. The number of aromatic nitrogens is 2. The Kier molecular flexibility index (Phi) is 6.65. The van der Waals surface area contributed by atoms with Crippen LogP contribution in [0.25, 0.3) is 0 Å². The summed E-state index contributed by atoms with van der Waals surface area (Å²) in [6.45, 7) is 4.58. The molecular formula is C20H26Cl2N4O2. The van der Waals surface area contributed by atoms with Crippen LogP contribution in [0.2, 0.25) is 5.02 Å². The topological polar surface area (TPSA) is 59.4 Å². The number of hydrogen-bond donors (Lipinski definition) is 1. The number of morpholine rings is 1. The van der Waals surface area contributed by atoms with Crippen LogP contribution in [0, 0.1) is 5.92 Å². The second kappa shape index (κ2) is 8.82. The lowest BCUT2D eigenvalue weighted by atomic mass is 9.89. The van der Waals surface area contributed by atoms with Crippen LogP contribution in [-0.4, -0.2) is 52.9 Å². The number of hydrogen-bond acceptors (Lipinski definition) is 4. The average molecular weight is 425 g/mol. The number of aryl methyl sites for hydroxylation is 1. The Hall–Kier alpha value is -1.60. The molecular weight excluding hydrogens is 399 g/mol. The molecule has 1 aromatic carbocycles. The fraction of sp³-hybridized carbons (Fsp3) is 0.500. The van der Waals surface area contributed by atoms with Crippen LogP contribution in [0.15, 0.2) is 36.7 Å². The van der Waals surface area contributed by atoms with E-state index in [-0.39, 0.29) is 42.3 Å². The standard InChI is InChI=1S/C20H25ClN4O2.ClH/c1-13-12-27-19(15-5-3-4-6-18(15)21)11-25(13)20(26)17-9-22-8-16(17)14-7-23-24(2)10-14;/h3-7,10,13,16-17,19,22H,8-9,11-12H2,1-2H3;1H/t13?,16-,17+,19?;/m1./s1. The molecule has 0 saturated carbocycles. The van der Waals surface area contributed by atoms with Crippen molar-refractivity contribution < 1.29 is 9.53 Å². The number of rotatable bonds is 3. The largest absolute Gasteiger partial charge is 0.369 e. The van der Waals surface area contributed by atoms with Gasteiger partial charge in [0.25, 0.3) is 0 Å². The summed E-state index contributed by atoms with van der Waals surface area (Å²) < 4.78 is 7.80. The van der Waals surface area contributed by atoms with Crippen molar-refractivity contribution in [3.63, 3.8) is 0 Å². The third kappa shape index (κ3) is 4.06. The molecule has 2 aliphatic rings. The quantitative estimate of drug-likeness (QED) is 0.822. The molecule has 0 radical (unpaired) electrons. The Bertz CT molecular complexity index is 828. The third-order valence-electron chi connectivity index (χ3n) is 5.65. The second-order valence-corrected chi connectivity index (χ2v) is 7.91. The molecule has 2 aromatic rings. The highest BCUT2D eigenvalue weighted by atomic mass is 35.5. The number of benzene rings is 1. The first-order valence-corrected chi connectivity index (χ1v) is 9.78. The van der Waals surface area contributed by atoms with E-state index in [0.717, 1.165) is 17.7 Å². The summed E-state index contributed by atoms with van der Waals surface area (Å²) in [5, 5.41) is 8.33. The maximum absolute atomic E-state index is 13.4. The maximum atomic E-state index is 13.4. The lowest BCUT2D eigenvalue weighted by Crippen LogP contribution is -2.51. The van der Waals surface area contributed by atoms with Crippen molar-refractivity contribution in [3.8, 4) is 0 Å². The molecule has 152 valence electrons. The molecule has 6 nitrogen and oxygen atoms in total. The van der Waals surface area contributed by atoms with Crippen LogP contribution in [0.3, 0.4) is 0 Å². The van der Waals surface area contributed by atoms with Crippen molar-refractivity contribution in [2.75, 3.05) is 26.2 Å². The Labute approximate surface area is 176 Å². The molecule has 2 fully saturated rings. The zero-order valence-electron chi connectivity index (χ0n) is 16.0. The number of ether oxygens (including phenoxy) is 1. The van der Waals surface area contributed by atoms with Gasteiger partial charge in [0.15, 0.2) is 0 Å². The Morgan fingerprint density at radius 2 is 2.11 bits per heavy atom. The molecule has 1 aromatic heterocycles. The van der Waals surface area contributed by atoms with Crippen LogP contribution in [0.4, 0.5) is 0 Å². The van der Waals surface area contributed by atoms with Gasteiger partial charge >= 0.3 is 0 Å². The van der Waals surface area contributed by atoms with Crippen LogP contribution < -0.4 is 5.32 Å². The van der Waals surface area contributed by atoms with Gasteiger partial charge in [0.05, 0.1) is 31.3 Å². The van der Waals surface area contributed by atoms with Crippen LogP contribution in [0.5, 0.6) is 0 Å². The molecule has 2 saturated heterocycles. The summed E-state index contributed by atoms with van der Waals surface area (Å²) in [6.07, 6.45) is 3.69. The SMILES string of the molecule is CC1COC(c2ccccc2Cl)CN1C(=O)[C@H]1CNC[C@@H]1c1cnn(C)c1.Cl. The molecule has 2 unspecified atom stereocenters. The van der Waals surface area contributed by atoms with Crippen molar-refractivity contribution in [2.45, 2.75) is 25.0 Å². The normalized spacial score (nSPS) is 27.5. The monoisotopic (exact) mass is 424 g/mol. The highest BCUT2D eigenvalue weighted by molar-refractivity contribution is 6.31. The molecule has 4 rings (SSSR count). The fourth-order valence-electron chi connectivity index (χ4n) is 4.12. The van der Waals surface area contributed by atoms with E-state index < -0.39 is 0 Å². The molecule has 1 N–H and O–H groups in total. The highest BCUT2D eigenvalue weighted by Gasteiger charge is 2.40. The van der Waals surface area contributed by atoms with Gasteiger partial charge in [-0.2, -0.15) is 5.10 Å². The number of amides is 1. The summed E-state index contributed by atoms with van der Waals surface area (Å²) in [4.78, 5) is 15.4. The summed E-state index contributed by atoms with van der Waals surface area (Å²) in [6, 6.07) is 7.74. The first-order valence-electron chi connectivity index (χ1n) is 9.40. The molecule has 0 bridgehead atoms. The average Bonchev–Trinajstić information content (AvgIpc) is 3.31. The van der Waals surface area contributed by atoms with Crippen molar-refractivity contribution >= 4 is 29.9 Å². The lowest BCUT2D eigenvalue weighted by Gasteiger charge is -2.40. The lowest BCUT2D eigenvalue weighted by molar-refractivity contribution is -0.148. The van der Waals surface area contributed by atoms with Gasteiger partial charge < -0.3 is 15.0 Å².